The summed E-state index contributed by atoms with van der Waals surface area (Å²) in [4.78, 5) is 3.79. The molecular weight excluding hydrogens is 297 g/mol. The first-order valence-corrected chi connectivity index (χ1v) is 5.99. The van der Waals surface area contributed by atoms with Crippen LogP contribution in [-0.2, 0) is 0 Å². The molecule has 1 aromatic carbocycles. The van der Waals surface area contributed by atoms with Gasteiger partial charge in [-0.3, -0.25) is 0 Å². The highest BCUT2D eigenvalue weighted by atomic mass is 19.4. The molecule has 21 heavy (non-hydrogen) atoms. The maximum atomic E-state index is 12.3. The van der Waals surface area contributed by atoms with Crippen molar-refractivity contribution in [2.75, 3.05) is 5.32 Å². The lowest BCUT2D eigenvalue weighted by molar-refractivity contribution is -0.274. The largest absolute Gasteiger partial charge is 0.573 e. The van der Waals surface area contributed by atoms with Crippen molar-refractivity contribution < 1.29 is 26.7 Å². The zero-order valence-electron chi connectivity index (χ0n) is 10.6. The van der Waals surface area contributed by atoms with Crippen LogP contribution in [0.25, 0.3) is 0 Å². The predicted molar refractivity (Wildman–Crippen MR) is 66.3 cm³/mol. The van der Waals surface area contributed by atoms with Crippen molar-refractivity contribution >= 4 is 11.6 Å². The lowest BCUT2D eigenvalue weighted by Crippen LogP contribution is -2.25. The van der Waals surface area contributed by atoms with Crippen LogP contribution in [-0.4, -0.2) is 24.8 Å². The summed E-state index contributed by atoms with van der Waals surface area (Å²) in [5.41, 5.74) is 5.45. The van der Waals surface area contributed by atoms with Crippen molar-refractivity contribution in [3.8, 4) is 5.75 Å². The molecule has 3 N–H and O–H groups in total. The quantitative estimate of drug-likeness (QED) is 0.511. The Morgan fingerprint density at radius 3 is 2.57 bits per heavy atom. The van der Waals surface area contributed by atoms with Gasteiger partial charge in [0.25, 0.3) is 0 Å². The van der Waals surface area contributed by atoms with Crippen LogP contribution in [0.1, 0.15) is 6.42 Å². The molecule has 1 aliphatic rings. The number of aliphatic imine (C=N–C) groups is 1. The van der Waals surface area contributed by atoms with Gasteiger partial charge in [-0.05, 0) is 18.6 Å². The van der Waals surface area contributed by atoms with Crippen LogP contribution in [0, 0.1) is 5.92 Å². The highest BCUT2D eigenvalue weighted by molar-refractivity contribution is 5.93. The third kappa shape index (κ3) is 4.47. The van der Waals surface area contributed by atoms with Gasteiger partial charge in [0.05, 0.1) is 11.7 Å². The van der Waals surface area contributed by atoms with Crippen LogP contribution in [0.2, 0.25) is 0 Å². The molecule has 0 radical (unpaired) electrons. The Kier molecular flexibility index (Phi) is 4.19. The van der Waals surface area contributed by atoms with E-state index in [1.807, 2.05) is 0 Å². The first kappa shape index (κ1) is 15.3. The average molecular weight is 309 g/mol. The second-order valence-electron chi connectivity index (χ2n) is 4.48. The zero-order valence-corrected chi connectivity index (χ0v) is 10.6. The molecule has 0 unspecified atom stereocenters. The lowest BCUT2D eigenvalue weighted by atomic mass is 10.3. The predicted octanol–water partition coefficient (Wildman–Crippen LogP) is 2.97. The number of rotatable bonds is 4. The lowest BCUT2D eigenvalue weighted by Gasteiger charge is -2.14. The van der Waals surface area contributed by atoms with Gasteiger partial charge in [-0.2, -0.15) is 0 Å². The summed E-state index contributed by atoms with van der Waals surface area (Å²) >= 11 is 0. The van der Waals surface area contributed by atoms with Gasteiger partial charge in [0.15, 0.2) is 11.7 Å². The Hall–Kier alpha value is -2.06. The first-order valence-electron chi connectivity index (χ1n) is 5.99. The smallest absolute Gasteiger partial charge is 0.404 e. The molecule has 0 aliphatic heterocycles. The molecule has 1 saturated carbocycles. The van der Waals surface area contributed by atoms with Crippen LogP contribution in [0.5, 0.6) is 5.75 Å². The Balaban J connectivity index is 2.04. The van der Waals surface area contributed by atoms with Crippen molar-refractivity contribution in [2.24, 2.45) is 16.6 Å². The number of halogens is 5. The molecule has 4 nitrogen and oxygen atoms in total. The van der Waals surface area contributed by atoms with Crippen molar-refractivity contribution in [1.29, 1.82) is 0 Å². The van der Waals surface area contributed by atoms with Gasteiger partial charge in [-0.15, -0.1) is 13.2 Å². The van der Waals surface area contributed by atoms with E-state index in [-0.39, 0.29) is 18.1 Å². The maximum Gasteiger partial charge on any atom is 0.573 e. The minimum absolute atomic E-state index is 0.0506. The molecule has 0 heterocycles. The summed E-state index contributed by atoms with van der Waals surface area (Å²) in [5.74, 6) is -1.56. The fourth-order valence-electron chi connectivity index (χ4n) is 1.75. The van der Waals surface area contributed by atoms with E-state index in [1.165, 1.54) is 18.2 Å². The fourth-order valence-corrected chi connectivity index (χ4v) is 1.75. The van der Waals surface area contributed by atoms with Gasteiger partial charge in [-0.25, -0.2) is 13.8 Å². The van der Waals surface area contributed by atoms with Crippen LogP contribution < -0.4 is 15.8 Å². The summed E-state index contributed by atoms with van der Waals surface area (Å²) < 4.78 is 65.1. The molecule has 0 spiro atoms. The highest BCUT2D eigenvalue weighted by Gasteiger charge is 2.44. The molecule has 9 heteroatoms. The monoisotopic (exact) mass is 309 g/mol. The van der Waals surface area contributed by atoms with Crippen LogP contribution in [0.15, 0.2) is 29.3 Å². The number of nitrogens with one attached hydrogen (secondary N) is 1. The number of hydrogen-bond acceptors (Lipinski definition) is 2. The summed E-state index contributed by atoms with van der Waals surface area (Å²) in [7, 11) is 0. The van der Waals surface area contributed by atoms with Crippen molar-refractivity contribution in [3.63, 3.8) is 0 Å². The summed E-state index contributed by atoms with van der Waals surface area (Å²) in [5, 5.41) is 2.42. The van der Waals surface area contributed by atoms with Gasteiger partial charge in [0.2, 0.25) is 6.43 Å². The second kappa shape index (κ2) is 5.74. The maximum absolute atomic E-state index is 12.3. The highest BCUT2D eigenvalue weighted by Crippen LogP contribution is 2.39. The first-order chi connectivity index (χ1) is 9.76. The number of hydrogen-bond donors (Lipinski definition) is 2. The number of nitrogens with zero attached hydrogens (tertiary/aromatic N) is 1. The SMILES string of the molecule is NC(=N[C@H]1C[C@@H]1C(F)F)Nc1ccccc1OC(F)(F)F. The second-order valence-corrected chi connectivity index (χ2v) is 4.48. The zero-order chi connectivity index (χ0) is 15.6. The number of ether oxygens (including phenoxy) is 1. The van der Waals surface area contributed by atoms with Crippen molar-refractivity contribution in [3.05, 3.63) is 24.3 Å². The number of anilines is 1. The third-order valence-electron chi connectivity index (χ3n) is 2.81. The molecule has 2 rings (SSSR count). The molecule has 0 bridgehead atoms. The normalized spacial score (nSPS) is 22.3. The molecule has 1 fully saturated rings. The summed E-state index contributed by atoms with van der Waals surface area (Å²) in [6.07, 6.45) is -7.12. The molecule has 116 valence electrons. The van der Waals surface area contributed by atoms with E-state index in [1.54, 1.807) is 0 Å². The van der Waals surface area contributed by atoms with E-state index in [4.69, 9.17) is 5.73 Å². The number of benzene rings is 1. The minimum atomic E-state index is -4.85. The van der Waals surface area contributed by atoms with E-state index < -0.39 is 30.5 Å². The topological polar surface area (TPSA) is 59.6 Å². The number of para-hydroxylation sites is 2. The number of nitrogens with two attached hydrogens (primary N) is 1. The standard InChI is InChI=1S/C12H12F5N3O/c13-10(14)6-5-8(6)20-11(18)19-7-3-1-2-4-9(7)21-12(15,16)17/h1-4,6,8,10H,5H2,(H3,18,19,20)/t6-,8-/m0/s1. The number of alkyl halides is 5. The van der Waals surface area contributed by atoms with E-state index in [9.17, 15) is 22.0 Å². The van der Waals surface area contributed by atoms with Crippen LogP contribution >= 0.6 is 0 Å². The molecular formula is C12H12F5N3O. The van der Waals surface area contributed by atoms with Gasteiger partial charge in [0, 0.05) is 5.92 Å². The van der Waals surface area contributed by atoms with Crippen LogP contribution in [0.4, 0.5) is 27.6 Å². The molecule has 1 aromatic rings. The molecule has 2 atom stereocenters. The van der Waals surface area contributed by atoms with E-state index in [0.717, 1.165) is 6.07 Å². The Morgan fingerprint density at radius 2 is 2.00 bits per heavy atom. The van der Waals surface area contributed by atoms with Gasteiger partial charge in [0.1, 0.15) is 0 Å². The third-order valence-corrected chi connectivity index (χ3v) is 2.81. The summed E-state index contributed by atoms with van der Waals surface area (Å²) in [6, 6.07) is 4.63. The Labute approximate surface area is 116 Å². The molecule has 1 aliphatic carbocycles. The summed E-state index contributed by atoms with van der Waals surface area (Å²) in [6.45, 7) is 0. The van der Waals surface area contributed by atoms with E-state index in [2.05, 4.69) is 15.0 Å². The molecule has 0 amide bonds. The van der Waals surface area contributed by atoms with E-state index in [0.29, 0.717) is 0 Å². The van der Waals surface area contributed by atoms with Crippen molar-refractivity contribution in [2.45, 2.75) is 25.3 Å². The molecule has 0 aromatic heterocycles. The van der Waals surface area contributed by atoms with Crippen LogP contribution in [0.3, 0.4) is 0 Å². The Morgan fingerprint density at radius 1 is 1.33 bits per heavy atom. The minimum Gasteiger partial charge on any atom is -0.404 e. The van der Waals surface area contributed by atoms with Gasteiger partial charge >= 0.3 is 6.36 Å². The van der Waals surface area contributed by atoms with Crippen molar-refractivity contribution in [1.82, 2.24) is 0 Å². The molecule has 0 saturated heterocycles. The fraction of sp³-hybridized carbons (Fsp3) is 0.417. The number of guanidine groups is 1. The van der Waals surface area contributed by atoms with Gasteiger partial charge in [-0.1, -0.05) is 12.1 Å². The van der Waals surface area contributed by atoms with Gasteiger partial charge < -0.3 is 15.8 Å². The average Bonchev–Trinajstić information content (AvgIpc) is 3.09. The van der Waals surface area contributed by atoms with E-state index >= 15 is 0 Å². The Bertz CT molecular complexity index is 532.